The highest BCUT2D eigenvalue weighted by atomic mass is 127. The van der Waals surface area contributed by atoms with Gasteiger partial charge in [0, 0.05) is 33.5 Å². The highest BCUT2D eigenvalue weighted by Gasteiger charge is 2.33. The SMILES string of the molecule is CC(C)(C)[C@H]1CCc2c(sc(N=Cc3cc(Br)c(I)o3)c2C(=O)NCc2ccco2)C1. The van der Waals surface area contributed by atoms with E-state index in [1.165, 1.54) is 4.88 Å². The van der Waals surface area contributed by atoms with E-state index in [1.54, 1.807) is 23.8 Å². The van der Waals surface area contributed by atoms with Crippen molar-refractivity contribution in [3.63, 3.8) is 0 Å². The van der Waals surface area contributed by atoms with E-state index in [9.17, 15) is 4.79 Å². The number of rotatable bonds is 5. The molecule has 0 bridgehead atoms. The van der Waals surface area contributed by atoms with Crippen LogP contribution in [-0.4, -0.2) is 12.1 Å². The molecule has 1 aliphatic carbocycles. The van der Waals surface area contributed by atoms with E-state index in [1.807, 2.05) is 18.2 Å². The quantitative estimate of drug-likeness (QED) is 0.245. The average Bonchev–Trinajstić information content (AvgIpc) is 3.42. The predicted molar refractivity (Wildman–Crippen MR) is 136 cm³/mol. The first-order valence-corrected chi connectivity index (χ1v) is 12.8. The molecule has 3 aromatic rings. The molecule has 3 heterocycles. The van der Waals surface area contributed by atoms with Gasteiger partial charge in [0.05, 0.1) is 29.1 Å². The summed E-state index contributed by atoms with van der Waals surface area (Å²) in [6.45, 7) is 7.24. The van der Waals surface area contributed by atoms with Gasteiger partial charge in [-0.1, -0.05) is 20.8 Å². The van der Waals surface area contributed by atoms with Gasteiger partial charge in [-0.05, 0) is 64.2 Å². The highest BCUT2D eigenvalue weighted by molar-refractivity contribution is 14.1. The van der Waals surface area contributed by atoms with E-state index in [4.69, 9.17) is 8.83 Å². The molecule has 31 heavy (non-hydrogen) atoms. The largest absolute Gasteiger partial charge is 0.467 e. The van der Waals surface area contributed by atoms with Gasteiger partial charge in [0.15, 0.2) is 3.77 Å². The van der Waals surface area contributed by atoms with Crippen LogP contribution < -0.4 is 5.32 Å². The maximum atomic E-state index is 13.2. The topological polar surface area (TPSA) is 67.7 Å². The monoisotopic (exact) mass is 614 g/mol. The lowest BCUT2D eigenvalue weighted by Crippen LogP contribution is -2.28. The van der Waals surface area contributed by atoms with Crippen LogP contribution in [0.25, 0.3) is 0 Å². The Morgan fingerprint density at radius 1 is 1.45 bits per heavy atom. The molecule has 164 valence electrons. The van der Waals surface area contributed by atoms with Crippen molar-refractivity contribution in [2.75, 3.05) is 0 Å². The van der Waals surface area contributed by atoms with Crippen molar-refractivity contribution in [2.24, 2.45) is 16.3 Å². The summed E-state index contributed by atoms with van der Waals surface area (Å²) < 4.78 is 12.7. The van der Waals surface area contributed by atoms with E-state index in [0.29, 0.717) is 23.8 Å². The van der Waals surface area contributed by atoms with Crippen molar-refractivity contribution in [3.05, 3.63) is 60.2 Å². The molecule has 8 heteroatoms. The second kappa shape index (κ2) is 9.23. The summed E-state index contributed by atoms with van der Waals surface area (Å²) in [7, 11) is 0. The molecular weight excluding hydrogens is 591 g/mol. The summed E-state index contributed by atoms with van der Waals surface area (Å²) in [6, 6.07) is 5.55. The number of nitrogens with one attached hydrogen (secondary N) is 1. The molecule has 0 spiro atoms. The van der Waals surface area contributed by atoms with Gasteiger partial charge in [-0.2, -0.15) is 0 Å². The van der Waals surface area contributed by atoms with E-state index in [2.05, 4.69) is 69.6 Å². The molecular formula is C23H24BrIN2O3S. The molecule has 0 saturated carbocycles. The van der Waals surface area contributed by atoms with E-state index < -0.39 is 0 Å². The Hall–Kier alpha value is -1.39. The minimum Gasteiger partial charge on any atom is -0.467 e. The van der Waals surface area contributed by atoms with Crippen LogP contribution in [-0.2, 0) is 19.4 Å². The Labute approximate surface area is 208 Å². The van der Waals surface area contributed by atoms with Crippen molar-refractivity contribution < 1.29 is 13.6 Å². The van der Waals surface area contributed by atoms with Crippen molar-refractivity contribution in [3.8, 4) is 0 Å². The standard InChI is InChI=1S/C23H24BrIN2O3S/c1-23(2,3)13-6-7-16-18(9-13)31-22(27-12-15-10-17(24)20(25)30-15)19(16)21(28)26-11-14-5-4-8-29-14/h4-5,8,10,12-13H,6-7,9,11H2,1-3H3,(H,26,28)/t13-/m0/s1. The molecule has 3 aromatic heterocycles. The second-order valence-electron chi connectivity index (χ2n) is 8.78. The van der Waals surface area contributed by atoms with Gasteiger partial charge < -0.3 is 14.2 Å². The fourth-order valence-corrected chi connectivity index (χ4v) is 5.84. The summed E-state index contributed by atoms with van der Waals surface area (Å²) in [5, 5.41) is 3.73. The highest BCUT2D eigenvalue weighted by Crippen LogP contribution is 2.45. The second-order valence-corrected chi connectivity index (χ2v) is 11.7. The molecule has 1 amide bonds. The zero-order chi connectivity index (χ0) is 22.2. The van der Waals surface area contributed by atoms with Crippen LogP contribution in [0.5, 0.6) is 0 Å². The Bertz CT molecular complexity index is 1090. The molecule has 5 nitrogen and oxygen atoms in total. The third kappa shape index (κ3) is 5.17. The Kier molecular flexibility index (Phi) is 6.79. The van der Waals surface area contributed by atoms with Crippen LogP contribution in [0, 0.1) is 15.1 Å². The lowest BCUT2D eigenvalue weighted by Gasteiger charge is -2.33. The number of aliphatic imine (C=N–C) groups is 1. The van der Waals surface area contributed by atoms with Gasteiger partial charge in [-0.15, -0.1) is 11.3 Å². The first-order valence-electron chi connectivity index (χ1n) is 10.2. The number of hydrogen-bond acceptors (Lipinski definition) is 5. The molecule has 0 aromatic carbocycles. The normalized spacial score (nSPS) is 16.6. The summed E-state index contributed by atoms with van der Waals surface area (Å²) >= 11 is 7.21. The zero-order valence-electron chi connectivity index (χ0n) is 17.6. The number of fused-ring (bicyclic) bond motifs is 1. The first kappa shape index (κ1) is 22.8. The van der Waals surface area contributed by atoms with Gasteiger partial charge in [0.1, 0.15) is 16.5 Å². The van der Waals surface area contributed by atoms with Crippen molar-refractivity contribution in [1.82, 2.24) is 5.32 Å². The summed E-state index contributed by atoms with van der Waals surface area (Å²) in [6.07, 6.45) is 6.27. The van der Waals surface area contributed by atoms with Crippen LogP contribution >= 0.6 is 49.9 Å². The Morgan fingerprint density at radius 2 is 2.26 bits per heavy atom. The van der Waals surface area contributed by atoms with E-state index in [0.717, 1.165) is 43.8 Å². The third-order valence-corrected chi connectivity index (χ3v) is 8.97. The summed E-state index contributed by atoms with van der Waals surface area (Å²) in [4.78, 5) is 19.1. The molecule has 0 aliphatic heterocycles. The zero-order valence-corrected chi connectivity index (χ0v) is 22.2. The van der Waals surface area contributed by atoms with Crippen LogP contribution in [0.15, 0.2) is 42.8 Å². The fraction of sp³-hybridized carbons (Fsp3) is 0.391. The number of hydrogen-bond donors (Lipinski definition) is 1. The molecule has 1 atom stereocenters. The fourth-order valence-electron chi connectivity index (χ4n) is 3.85. The maximum Gasteiger partial charge on any atom is 0.255 e. The van der Waals surface area contributed by atoms with Gasteiger partial charge in [0.25, 0.3) is 5.91 Å². The van der Waals surface area contributed by atoms with Gasteiger partial charge in [0.2, 0.25) is 0 Å². The summed E-state index contributed by atoms with van der Waals surface area (Å²) in [5.74, 6) is 1.87. The van der Waals surface area contributed by atoms with Crippen molar-refractivity contribution in [2.45, 2.75) is 46.6 Å². The minimum absolute atomic E-state index is 0.106. The van der Waals surface area contributed by atoms with Gasteiger partial charge in [-0.3, -0.25) is 4.79 Å². The lowest BCUT2D eigenvalue weighted by molar-refractivity contribution is 0.0947. The molecule has 0 radical (unpaired) electrons. The van der Waals surface area contributed by atoms with E-state index >= 15 is 0 Å². The molecule has 0 fully saturated rings. The molecule has 0 saturated heterocycles. The molecule has 1 aliphatic rings. The van der Waals surface area contributed by atoms with E-state index in [-0.39, 0.29) is 11.3 Å². The average molecular weight is 615 g/mol. The Balaban J connectivity index is 1.65. The molecule has 0 unspecified atom stereocenters. The third-order valence-electron chi connectivity index (χ3n) is 5.68. The number of halogens is 2. The Morgan fingerprint density at radius 3 is 2.90 bits per heavy atom. The number of nitrogens with zero attached hydrogens (tertiary/aromatic N) is 1. The lowest BCUT2D eigenvalue weighted by atomic mass is 9.72. The van der Waals surface area contributed by atoms with Gasteiger partial charge in [-0.25, -0.2) is 4.99 Å². The van der Waals surface area contributed by atoms with Gasteiger partial charge >= 0.3 is 0 Å². The predicted octanol–water partition coefficient (Wildman–Crippen LogP) is 7.13. The molecule has 4 rings (SSSR count). The number of carbonyl (C=O) groups excluding carboxylic acids is 1. The summed E-state index contributed by atoms with van der Waals surface area (Å²) in [5.41, 5.74) is 2.07. The maximum absolute atomic E-state index is 13.2. The van der Waals surface area contributed by atoms with Crippen molar-refractivity contribution in [1.29, 1.82) is 0 Å². The van der Waals surface area contributed by atoms with Crippen molar-refractivity contribution >= 4 is 67.0 Å². The number of carbonyl (C=O) groups is 1. The number of thiophene rings is 1. The van der Waals surface area contributed by atoms with Crippen LogP contribution in [0.4, 0.5) is 5.00 Å². The number of furan rings is 2. The van der Waals surface area contributed by atoms with Crippen LogP contribution in [0.1, 0.15) is 59.5 Å². The number of amides is 1. The first-order chi connectivity index (χ1) is 14.7. The molecule has 1 N–H and O–H groups in total. The van der Waals surface area contributed by atoms with Crippen LogP contribution in [0.2, 0.25) is 0 Å². The van der Waals surface area contributed by atoms with Crippen LogP contribution in [0.3, 0.4) is 0 Å². The minimum atomic E-state index is -0.106. The smallest absolute Gasteiger partial charge is 0.255 e.